The van der Waals surface area contributed by atoms with Gasteiger partial charge in [0.2, 0.25) is 0 Å². The number of ether oxygens (including phenoxy) is 1. The molecule has 2 N–H and O–H groups in total. The predicted octanol–water partition coefficient (Wildman–Crippen LogP) is 2.78. The van der Waals surface area contributed by atoms with Gasteiger partial charge in [-0.15, -0.1) is 0 Å². The van der Waals surface area contributed by atoms with E-state index in [4.69, 9.17) is 10.5 Å². The molecule has 3 nitrogen and oxygen atoms in total. The average molecular weight is 268 g/mol. The Morgan fingerprint density at radius 1 is 1.11 bits per heavy atom. The summed E-state index contributed by atoms with van der Waals surface area (Å²) < 4.78 is 5.51. The molecule has 0 amide bonds. The maximum Gasteiger partial charge on any atom is 0.0572 e. The van der Waals surface area contributed by atoms with Crippen LogP contribution in [-0.4, -0.2) is 43.3 Å². The van der Waals surface area contributed by atoms with E-state index in [1.807, 2.05) is 7.11 Å². The number of likely N-dealkylation sites (N-methyl/N-ethyl adjacent to an activating group) is 1. The second-order valence-electron chi connectivity index (χ2n) is 6.89. The molecule has 2 rings (SSSR count). The third-order valence-electron chi connectivity index (χ3n) is 5.86. The molecule has 0 aromatic carbocycles. The molecule has 19 heavy (non-hydrogen) atoms. The summed E-state index contributed by atoms with van der Waals surface area (Å²) in [6, 6.07) is 0.749. The molecule has 0 aromatic rings. The zero-order chi connectivity index (χ0) is 13.9. The van der Waals surface area contributed by atoms with E-state index in [9.17, 15) is 0 Å². The van der Waals surface area contributed by atoms with Gasteiger partial charge in [-0.1, -0.05) is 6.92 Å². The molecule has 0 aromatic heterocycles. The van der Waals surface area contributed by atoms with Crippen molar-refractivity contribution in [1.29, 1.82) is 0 Å². The van der Waals surface area contributed by atoms with Crippen molar-refractivity contribution >= 4 is 0 Å². The molecule has 0 saturated heterocycles. The molecule has 3 heteroatoms. The largest absolute Gasteiger partial charge is 0.381 e. The van der Waals surface area contributed by atoms with Gasteiger partial charge in [-0.05, 0) is 64.3 Å². The van der Waals surface area contributed by atoms with Crippen LogP contribution < -0.4 is 5.73 Å². The molecule has 112 valence electrons. The number of nitrogens with two attached hydrogens (primary N) is 1. The molecule has 2 fully saturated rings. The molecule has 0 aliphatic heterocycles. The van der Waals surface area contributed by atoms with Crippen LogP contribution in [0, 0.1) is 5.92 Å². The molecule has 2 aliphatic rings. The Balaban J connectivity index is 1.96. The summed E-state index contributed by atoms with van der Waals surface area (Å²) in [6.45, 7) is 3.19. The number of hydrogen-bond acceptors (Lipinski definition) is 3. The molecule has 0 spiro atoms. The van der Waals surface area contributed by atoms with E-state index in [1.54, 1.807) is 0 Å². The normalized spacial score (nSPS) is 40.6. The van der Waals surface area contributed by atoms with Crippen molar-refractivity contribution in [3.8, 4) is 0 Å². The third kappa shape index (κ3) is 3.32. The van der Waals surface area contributed by atoms with Gasteiger partial charge in [0, 0.05) is 25.2 Å². The van der Waals surface area contributed by atoms with Crippen molar-refractivity contribution in [3.63, 3.8) is 0 Å². The zero-order valence-electron chi connectivity index (χ0n) is 13.0. The maximum absolute atomic E-state index is 6.18. The van der Waals surface area contributed by atoms with Crippen LogP contribution >= 0.6 is 0 Å². The first-order valence-corrected chi connectivity index (χ1v) is 8.07. The minimum absolute atomic E-state index is 0.236. The summed E-state index contributed by atoms with van der Waals surface area (Å²) in [6.07, 6.45) is 10.7. The molecule has 0 atom stereocenters. The molecule has 0 heterocycles. The lowest BCUT2D eigenvalue weighted by Gasteiger charge is -2.50. The molecule has 0 radical (unpaired) electrons. The van der Waals surface area contributed by atoms with Crippen LogP contribution in [0.3, 0.4) is 0 Å². The van der Waals surface area contributed by atoms with Crippen molar-refractivity contribution in [2.24, 2.45) is 11.7 Å². The minimum Gasteiger partial charge on any atom is -0.381 e. The fourth-order valence-electron chi connectivity index (χ4n) is 4.08. The quantitative estimate of drug-likeness (QED) is 0.852. The van der Waals surface area contributed by atoms with Crippen molar-refractivity contribution in [1.82, 2.24) is 4.90 Å². The van der Waals surface area contributed by atoms with Crippen LogP contribution in [0.15, 0.2) is 0 Å². The number of hydrogen-bond donors (Lipinski definition) is 1. The Hall–Kier alpha value is -0.120. The van der Waals surface area contributed by atoms with Crippen LogP contribution in [0.5, 0.6) is 0 Å². The van der Waals surface area contributed by atoms with E-state index < -0.39 is 0 Å². The van der Waals surface area contributed by atoms with Crippen molar-refractivity contribution in [2.45, 2.75) is 76.0 Å². The van der Waals surface area contributed by atoms with Gasteiger partial charge in [0.1, 0.15) is 0 Å². The standard InChI is InChI=1S/C16H32N2O/c1-13-4-6-14(7-5-13)18(2)16(12-17)10-8-15(19-3)9-11-16/h13-15H,4-12,17H2,1-3H3. The van der Waals surface area contributed by atoms with E-state index in [-0.39, 0.29) is 5.54 Å². The van der Waals surface area contributed by atoms with E-state index in [0.29, 0.717) is 6.10 Å². The van der Waals surface area contributed by atoms with Gasteiger partial charge >= 0.3 is 0 Å². The van der Waals surface area contributed by atoms with Gasteiger partial charge in [0.05, 0.1) is 6.10 Å². The van der Waals surface area contributed by atoms with E-state index >= 15 is 0 Å². The fourth-order valence-corrected chi connectivity index (χ4v) is 4.08. The number of rotatable bonds is 4. The van der Waals surface area contributed by atoms with Crippen LogP contribution in [0.1, 0.15) is 58.3 Å². The van der Waals surface area contributed by atoms with Crippen molar-refractivity contribution in [3.05, 3.63) is 0 Å². The van der Waals surface area contributed by atoms with E-state index in [1.165, 1.54) is 51.4 Å². The van der Waals surface area contributed by atoms with Gasteiger partial charge in [0.25, 0.3) is 0 Å². The predicted molar refractivity (Wildman–Crippen MR) is 80.2 cm³/mol. The topological polar surface area (TPSA) is 38.5 Å². The highest BCUT2D eigenvalue weighted by atomic mass is 16.5. The lowest BCUT2D eigenvalue weighted by atomic mass is 9.76. The average Bonchev–Trinajstić information content (AvgIpc) is 2.47. The summed E-state index contributed by atoms with van der Waals surface area (Å²) in [5, 5.41) is 0. The van der Waals surface area contributed by atoms with E-state index in [0.717, 1.165) is 18.5 Å². The second-order valence-corrected chi connectivity index (χ2v) is 6.89. The summed E-state index contributed by atoms with van der Waals surface area (Å²) in [5.41, 5.74) is 6.41. The lowest BCUT2D eigenvalue weighted by Crippen LogP contribution is -2.58. The summed E-state index contributed by atoms with van der Waals surface area (Å²) in [4.78, 5) is 2.64. The van der Waals surface area contributed by atoms with Crippen molar-refractivity contribution in [2.75, 3.05) is 20.7 Å². The Morgan fingerprint density at radius 3 is 2.16 bits per heavy atom. The highest BCUT2D eigenvalue weighted by molar-refractivity contribution is 4.98. The second kappa shape index (κ2) is 6.55. The smallest absolute Gasteiger partial charge is 0.0572 e. The Kier molecular flexibility index (Phi) is 5.27. The van der Waals surface area contributed by atoms with Gasteiger partial charge in [-0.2, -0.15) is 0 Å². The molecule has 0 unspecified atom stereocenters. The van der Waals surface area contributed by atoms with Crippen LogP contribution in [-0.2, 0) is 4.74 Å². The van der Waals surface area contributed by atoms with Crippen molar-refractivity contribution < 1.29 is 4.74 Å². The molecule has 2 aliphatic carbocycles. The highest BCUT2D eigenvalue weighted by Crippen LogP contribution is 2.38. The molecular formula is C16H32N2O. The Morgan fingerprint density at radius 2 is 1.68 bits per heavy atom. The van der Waals surface area contributed by atoms with Crippen LogP contribution in [0.2, 0.25) is 0 Å². The van der Waals surface area contributed by atoms with Gasteiger partial charge in [-0.25, -0.2) is 0 Å². The zero-order valence-corrected chi connectivity index (χ0v) is 13.0. The first-order chi connectivity index (χ1) is 9.11. The summed E-state index contributed by atoms with van der Waals surface area (Å²) in [7, 11) is 4.16. The maximum atomic E-state index is 6.18. The lowest BCUT2D eigenvalue weighted by molar-refractivity contribution is -0.0217. The van der Waals surface area contributed by atoms with Gasteiger partial charge in [-0.3, -0.25) is 4.90 Å². The Bertz CT molecular complexity index is 266. The van der Waals surface area contributed by atoms with E-state index in [2.05, 4.69) is 18.9 Å². The van der Waals surface area contributed by atoms with Crippen LogP contribution in [0.4, 0.5) is 0 Å². The number of nitrogens with zero attached hydrogens (tertiary/aromatic N) is 1. The monoisotopic (exact) mass is 268 g/mol. The fraction of sp³-hybridized carbons (Fsp3) is 1.00. The minimum atomic E-state index is 0.236. The Labute approximate surface area is 118 Å². The third-order valence-corrected chi connectivity index (χ3v) is 5.86. The summed E-state index contributed by atoms with van der Waals surface area (Å²) in [5.74, 6) is 0.919. The van der Waals surface area contributed by atoms with Crippen LogP contribution in [0.25, 0.3) is 0 Å². The molecular weight excluding hydrogens is 236 g/mol. The molecule has 2 saturated carbocycles. The number of methoxy groups -OCH3 is 1. The van der Waals surface area contributed by atoms with Gasteiger partial charge in [0.15, 0.2) is 0 Å². The SMILES string of the molecule is COC1CCC(CN)(N(C)C2CCC(C)CC2)CC1. The van der Waals surface area contributed by atoms with Gasteiger partial charge < -0.3 is 10.5 Å². The summed E-state index contributed by atoms with van der Waals surface area (Å²) >= 11 is 0. The first-order valence-electron chi connectivity index (χ1n) is 8.07. The molecule has 0 bridgehead atoms. The highest BCUT2D eigenvalue weighted by Gasteiger charge is 2.40. The first kappa shape index (κ1) is 15.3.